The van der Waals surface area contributed by atoms with Gasteiger partial charge in [0, 0.05) is 17.8 Å². The van der Waals surface area contributed by atoms with E-state index in [1.165, 1.54) is 12.1 Å². The monoisotopic (exact) mass is 382 g/mol. The Hall–Kier alpha value is -2.89. The maximum absolute atomic E-state index is 13.2. The number of carbonyl (C=O) groups is 1. The van der Waals surface area contributed by atoms with Crippen LogP contribution in [0.15, 0.2) is 48.5 Å². The van der Waals surface area contributed by atoms with Crippen molar-refractivity contribution in [1.29, 1.82) is 0 Å². The van der Waals surface area contributed by atoms with Gasteiger partial charge < -0.3 is 10.1 Å². The van der Waals surface area contributed by atoms with Crippen molar-refractivity contribution in [2.24, 2.45) is 5.92 Å². The molecule has 0 saturated heterocycles. The average Bonchev–Trinajstić information content (AvgIpc) is 3.19. The third kappa shape index (κ3) is 4.32. The van der Waals surface area contributed by atoms with Crippen molar-refractivity contribution in [2.75, 3.05) is 11.9 Å². The van der Waals surface area contributed by atoms with E-state index in [4.69, 9.17) is 4.74 Å². The Bertz CT molecular complexity index is 823. The zero-order chi connectivity index (χ0) is 20.1. The predicted octanol–water partition coefficient (Wildman–Crippen LogP) is 5.08. The van der Waals surface area contributed by atoms with E-state index >= 15 is 0 Å². The topological polar surface area (TPSA) is 81.5 Å². The molecule has 0 aromatic heterocycles. The summed E-state index contributed by atoms with van der Waals surface area (Å²) in [6.45, 7) is 4.83. The Kier molecular flexibility index (Phi) is 5.97. The summed E-state index contributed by atoms with van der Waals surface area (Å²) in [5.74, 6) is 1.16. The highest BCUT2D eigenvalue weighted by Gasteiger charge is 2.42. The van der Waals surface area contributed by atoms with Gasteiger partial charge in [-0.15, -0.1) is 0 Å². The molecule has 1 saturated carbocycles. The smallest absolute Gasteiger partial charge is 0.269 e. The van der Waals surface area contributed by atoms with Gasteiger partial charge in [-0.25, -0.2) is 0 Å². The first kappa shape index (κ1) is 19.9. The summed E-state index contributed by atoms with van der Waals surface area (Å²) in [5.41, 5.74) is 0.955. The molecular weight excluding hydrogens is 356 g/mol. The number of ether oxygens (including phenoxy) is 1. The first-order valence-electron chi connectivity index (χ1n) is 9.70. The zero-order valence-electron chi connectivity index (χ0n) is 16.3. The second-order valence-electron chi connectivity index (χ2n) is 7.78. The second kappa shape index (κ2) is 8.42. The minimum atomic E-state index is -0.637. The van der Waals surface area contributed by atoms with Crippen molar-refractivity contribution in [3.05, 3.63) is 64.2 Å². The van der Waals surface area contributed by atoms with Crippen LogP contribution in [0, 0.1) is 16.0 Å². The fraction of sp³-hybridized carbons (Fsp3) is 0.409. The van der Waals surface area contributed by atoms with Gasteiger partial charge in [-0.05, 0) is 48.6 Å². The van der Waals surface area contributed by atoms with Crippen LogP contribution in [-0.2, 0) is 10.2 Å². The van der Waals surface area contributed by atoms with E-state index in [-0.39, 0.29) is 11.6 Å². The summed E-state index contributed by atoms with van der Waals surface area (Å²) in [6, 6.07) is 13.8. The minimum Gasteiger partial charge on any atom is -0.493 e. The van der Waals surface area contributed by atoms with Gasteiger partial charge in [-0.2, -0.15) is 0 Å². The molecule has 1 amide bonds. The minimum absolute atomic E-state index is 0.0364. The Morgan fingerprint density at radius 3 is 2.25 bits per heavy atom. The summed E-state index contributed by atoms with van der Waals surface area (Å²) >= 11 is 0. The lowest BCUT2D eigenvalue weighted by molar-refractivity contribution is -0.384. The van der Waals surface area contributed by atoms with Gasteiger partial charge in [0.2, 0.25) is 5.91 Å². The normalized spacial score (nSPS) is 15.4. The third-order valence-corrected chi connectivity index (χ3v) is 5.22. The van der Waals surface area contributed by atoms with Crippen LogP contribution < -0.4 is 10.1 Å². The molecule has 0 atom stereocenters. The number of nitro benzene ring substituents is 1. The van der Waals surface area contributed by atoms with Crippen LogP contribution in [0.4, 0.5) is 11.4 Å². The number of non-ortho nitro benzene ring substituents is 1. The molecule has 2 aromatic carbocycles. The average molecular weight is 382 g/mol. The van der Waals surface area contributed by atoms with Crippen molar-refractivity contribution in [2.45, 2.75) is 44.9 Å². The lowest BCUT2D eigenvalue weighted by Crippen LogP contribution is -2.37. The van der Waals surface area contributed by atoms with Crippen LogP contribution in [0.2, 0.25) is 0 Å². The van der Waals surface area contributed by atoms with Gasteiger partial charge in [-0.1, -0.05) is 38.8 Å². The van der Waals surface area contributed by atoms with Crippen LogP contribution in [0.3, 0.4) is 0 Å². The Labute approximate surface area is 165 Å². The molecule has 2 aromatic rings. The molecule has 0 spiro atoms. The van der Waals surface area contributed by atoms with Crippen LogP contribution in [-0.4, -0.2) is 17.4 Å². The van der Waals surface area contributed by atoms with E-state index in [1.807, 2.05) is 24.3 Å². The summed E-state index contributed by atoms with van der Waals surface area (Å²) < 4.78 is 5.68. The number of rotatable bonds is 7. The van der Waals surface area contributed by atoms with Gasteiger partial charge >= 0.3 is 0 Å². The van der Waals surface area contributed by atoms with Crippen LogP contribution in [0.1, 0.15) is 45.1 Å². The highest BCUT2D eigenvalue weighted by Crippen LogP contribution is 2.42. The van der Waals surface area contributed by atoms with Crippen LogP contribution >= 0.6 is 0 Å². The van der Waals surface area contributed by atoms with Crippen molar-refractivity contribution in [1.82, 2.24) is 0 Å². The lowest BCUT2D eigenvalue weighted by atomic mass is 9.78. The Morgan fingerprint density at radius 2 is 1.71 bits per heavy atom. The predicted molar refractivity (Wildman–Crippen MR) is 109 cm³/mol. The zero-order valence-corrected chi connectivity index (χ0v) is 16.3. The number of hydrogen-bond acceptors (Lipinski definition) is 4. The fourth-order valence-corrected chi connectivity index (χ4v) is 3.68. The number of nitrogens with one attached hydrogen (secondary N) is 1. The molecule has 3 rings (SSSR count). The Balaban J connectivity index is 1.75. The van der Waals surface area contributed by atoms with E-state index in [0.717, 1.165) is 42.7 Å². The molecule has 6 nitrogen and oxygen atoms in total. The number of carbonyl (C=O) groups excluding carboxylic acids is 1. The molecule has 1 N–H and O–H groups in total. The summed E-state index contributed by atoms with van der Waals surface area (Å²) in [6.07, 6.45) is 3.41. The van der Waals surface area contributed by atoms with Crippen molar-refractivity contribution in [3.8, 4) is 5.75 Å². The van der Waals surface area contributed by atoms with E-state index in [0.29, 0.717) is 12.5 Å². The molecule has 0 heterocycles. The Morgan fingerprint density at radius 1 is 1.11 bits per heavy atom. The third-order valence-electron chi connectivity index (χ3n) is 5.22. The molecule has 1 aliphatic carbocycles. The van der Waals surface area contributed by atoms with Gasteiger partial charge in [0.05, 0.1) is 16.9 Å². The number of nitrogens with zero attached hydrogens (tertiary/aromatic N) is 1. The SMILES string of the molecule is CC(C)COc1ccc(NC(=O)C2(c3ccc([N+](=O)[O-])cc3)CCCC2)cc1. The quantitative estimate of drug-likeness (QED) is 0.535. The number of anilines is 1. The standard InChI is InChI=1S/C22H26N2O4/c1-16(2)15-28-20-11-7-18(8-12-20)23-21(25)22(13-3-4-14-22)17-5-9-19(10-6-17)24(26)27/h5-12,16H,3-4,13-15H2,1-2H3,(H,23,25). The molecule has 0 unspecified atom stereocenters. The first-order chi connectivity index (χ1) is 13.4. The van der Waals surface area contributed by atoms with E-state index in [2.05, 4.69) is 19.2 Å². The van der Waals surface area contributed by atoms with Gasteiger partial charge in [-0.3, -0.25) is 14.9 Å². The molecular formula is C22H26N2O4. The second-order valence-corrected chi connectivity index (χ2v) is 7.78. The summed E-state index contributed by atoms with van der Waals surface area (Å²) in [5, 5.41) is 13.9. The van der Waals surface area contributed by atoms with Crippen LogP contribution in [0.25, 0.3) is 0 Å². The van der Waals surface area contributed by atoms with Crippen molar-refractivity contribution >= 4 is 17.3 Å². The number of benzene rings is 2. The lowest BCUT2D eigenvalue weighted by Gasteiger charge is -2.28. The molecule has 1 aliphatic rings. The highest BCUT2D eigenvalue weighted by molar-refractivity contribution is 5.99. The summed E-state index contributed by atoms with van der Waals surface area (Å²) in [4.78, 5) is 23.7. The van der Waals surface area contributed by atoms with E-state index in [1.54, 1.807) is 12.1 Å². The van der Waals surface area contributed by atoms with E-state index in [9.17, 15) is 14.9 Å². The maximum Gasteiger partial charge on any atom is 0.269 e. The number of hydrogen-bond donors (Lipinski definition) is 1. The molecule has 28 heavy (non-hydrogen) atoms. The highest BCUT2D eigenvalue weighted by atomic mass is 16.6. The van der Waals surface area contributed by atoms with Gasteiger partial charge in [0.15, 0.2) is 0 Å². The largest absolute Gasteiger partial charge is 0.493 e. The molecule has 148 valence electrons. The van der Waals surface area contributed by atoms with Crippen LogP contribution in [0.5, 0.6) is 5.75 Å². The molecule has 6 heteroatoms. The fourth-order valence-electron chi connectivity index (χ4n) is 3.68. The van der Waals surface area contributed by atoms with E-state index < -0.39 is 10.3 Å². The summed E-state index contributed by atoms with van der Waals surface area (Å²) in [7, 11) is 0. The number of amides is 1. The maximum atomic E-state index is 13.2. The molecule has 0 aliphatic heterocycles. The molecule has 0 bridgehead atoms. The molecule has 0 radical (unpaired) electrons. The number of nitro groups is 1. The first-order valence-corrected chi connectivity index (χ1v) is 9.70. The van der Waals surface area contributed by atoms with Crippen molar-refractivity contribution < 1.29 is 14.5 Å². The molecule has 1 fully saturated rings. The van der Waals surface area contributed by atoms with Gasteiger partial charge in [0.25, 0.3) is 5.69 Å². The van der Waals surface area contributed by atoms with Gasteiger partial charge in [0.1, 0.15) is 5.75 Å². The van der Waals surface area contributed by atoms with Crippen molar-refractivity contribution in [3.63, 3.8) is 0 Å².